The largest absolute Gasteiger partial charge is 0.399 e. The molecule has 96 valence electrons. The van der Waals surface area contributed by atoms with Crippen molar-refractivity contribution in [1.29, 1.82) is 0 Å². The quantitative estimate of drug-likeness (QED) is 0.769. The van der Waals surface area contributed by atoms with Gasteiger partial charge in [-0.25, -0.2) is 0 Å². The molecule has 1 aromatic rings. The maximum atomic E-state index is 12.1. The first-order chi connectivity index (χ1) is 8.74. The van der Waals surface area contributed by atoms with E-state index in [4.69, 9.17) is 5.73 Å². The maximum Gasteiger partial charge on any atom is 0.231 e. The lowest BCUT2D eigenvalue weighted by Crippen LogP contribution is -2.39. The SMILES string of the molecule is Nc1ccc2c(c1)CC(=O)N2CC1CCCNC1. The van der Waals surface area contributed by atoms with Gasteiger partial charge in [-0.05, 0) is 55.6 Å². The Bertz CT molecular complexity index is 466. The van der Waals surface area contributed by atoms with Crippen molar-refractivity contribution in [3.63, 3.8) is 0 Å². The molecule has 2 aliphatic rings. The molecule has 1 unspecified atom stereocenters. The Morgan fingerprint density at radius 1 is 1.44 bits per heavy atom. The zero-order chi connectivity index (χ0) is 12.5. The number of nitrogens with zero attached hydrogens (tertiary/aromatic N) is 1. The van der Waals surface area contributed by atoms with Crippen LogP contribution < -0.4 is 16.0 Å². The molecular weight excluding hydrogens is 226 g/mol. The third kappa shape index (κ3) is 2.08. The number of carbonyl (C=O) groups excluding carboxylic acids is 1. The first-order valence-corrected chi connectivity index (χ1v) is 6.63. The summed E-state index contributed by atoms with van der Waals surface area (Å²) < 4.78 is 0. The topological polar surface area (TPSA) is 58.4 Å². The monoisotopic (exact) mass is 245 g/mol. The summed E-state index contributed by atoms with van der Waals surface area (Å²) in [6.07, 6.45) is 2.92. The van der Waals surface area contributed by atoms with Crippen LogP contribution in [0.5, 0.6) is 0 Å². The fraction of sp³-hybridized carbons (Fsp3) is 0.500. The van der Waals surface area contributed by atoms with Gasteiger partial charge in [0.1, 0.15) is 0 Å². The molecule has 18 heavy (non-hydrogen) atoms. The summed E-state index contributed by atoms with van der Waals surface area (Å²) in [6.45, 7) is 2.97. The van der Waals surface area contributed by atoms with E-state index in [0.29, 0.717) is 12.3 Å². The van der Waals surface area contributed by atoms with Crippen LogP contribution in [0.2, 0.25) is 0 Å². The van der Waals surface area contributed by atoms with Gasteiger partial charge in [-0.3, -0.25) is 4.79 Å². The molecule has 2 heterocycles. The number of rotatable bonds is 2. The number of amides is 1. The summed E-state index contributed by atoms with van der Waals surface area (Å²) in [7, 11) is 0. The van der Waals surface area contributed by atoms with Gasteiger partial charge < -0.3 is 16.0 Å². The Hall–Kier alpha value is -1.55. The van der Waals surface area contributed by atoms with E-state index in [9.17, 15) is 4.79 Å². The molecule has 4 nitrogen and oxygen atoms in total. The fourth-order valence-electron chi connectivity index (χ4n) is 2.94. The highest BCUT2D eigenvalue weighted by atomic mass is 16.2. The number of benzene rings is 1. The van der Waals surface area contributed by atoms with Crippen LogP contribution in [0.25, 0.3) is 0 Å². The minimum Gasteiger partial charge on any atom is -0.399 e. The van der Waals surface area contributed by atoms with Crippen molar-refractivity contribution >= 4 is 17.3 Å². The molecule has 0 aliphatic carbocycles. The second kappa shape index (κ2) is 4.61. The molecule has 1 amide bonds. The lowest BCUT2D eigenvalue weighted by atomic mass is 9.99. The molecule has 1 saturated heterocycles. The maximum absolute atomic E-state index is 12.1. The predicted molar refractivity (Wildman–Crippen MR) is 72.5 cm³/mol. The molecule has 1 aromatic carbocycles. The summed E-state index contributed by atoms with van der Waals surface area (Å²) >= 11 is 0. The average molecular weight is 245 g/mol. The van der Waals surface area contributed by atoms with Gasteiger partial charge in [0.2, 0.25) is 5.91 Å². The molecule has 3 rings (SSSR count). The first kappa shape index (κ1) is 11.5. The van der Waals surface area contributed by atoms with E-state index in [2.05, 4.69) is 5.32 Å². The Morgan fingerprint density at radius 3 is 3.11 bits per heavy atom. The second-order valence-electron chi connectivity index (χ2n) is 5.28. The summed E-state index contributed by atoms with van der Waals surface area (Å²) in [4.78, 5) is 14.0. The van der Waals surface area contributed by atoms with Gasteiger partial charge in [0.05, 0.1) is 6.42 Å². The van der Waals surface area contributed by atoms with Crippen molar-refractivity contribution in [2.24, 2.45) is 5.92 Å². The molecule has 0 bridgehead atoms. The van der Waals surface area contributed by atoms with Crippen molar-refractivity contribution in [2.45, 2.75) is 19.3 Å². The lowest BCUT2D eigenvalue weighted by molar-refractivity contribution is -0.117. The Kier molecular flexibility index (Phi) is 2.96. The van der Waals surface area contributed by atoms with Crippen molar-refractivity contribution in [2.75, 3.05) is 30.3 Å². The number of fused-ring (bicyclic) bond motifs is 1. The number of anilines is 2. The number of nitrogen functional groups attached to an aromatic ring is 1. The fourth-order valence-corrected chi connectivity index (χ4v) is 2.94. The lowest BCUT2D eigenvalue weighted by Gasteiger charge is -2.28. The predicted octanol–water partition coefficient (Wildman–Crippen LogP) is 1.16. The number of nitrogens with two attached hydrogens (primary N) is 1. The molecule has 0 radical (unpaired) electrons. The standard InChI is InChI=1S/C14H19N3O/c15-12-3-4-13-11(6-12)7-14(18)17(13)9-10-2-1-5-16-8-10/h3-4,6,10,16H,1-2,5,7-9,15H2. The minimum absolute atomic E-state index is 0.209. The normalized spacial score (nSPS) is 23.2. The van der Waals surface area contributed by atoms with Crippen molar-refractivity contribution in [3.05, 3.63) is 23.8 Å². The van der Waals surface area contributed by atoms with Crippen LogP contribution in [-0.4, -0.2) is 25.5 Å². The highest BCUT2D eigenvalue weighted by Gasteiger charge is 2.29. The molecule has 4 heteroatoms. The molecule has 0 spiro atoms. The molecule has 1 atom stereocenters. The Morgan fingerprint density at radius 2 is 2.33 bits per heavy atom. The van der Waals surface area contributed by atoms with Gasteiger partial charge in [-0.2, -0.15) is 0 Å². The Balaban J connectivity index is 1.78. The van der Waals surface area contributed by atoms with Crippen LogP contribution in [0, 0.1) is 5.92 Å². The summed E-state index contributed by atoms with van der Waals surface area (Å²) in [5, 5.41) is 3.40. The van der Waals surface area contributed by atoms with E-state index in [1.807, 2.05) is 23.1 Å². The average Bonchev–Trinajstić information content (AvgIpc) is 2.66. The summed E-state index contributed by atoms with van der Waals surface area (Å²) in [5.41, 5.74) is 8.63. The van der Waals surface area contributed by atoms with Crippen LogP contribution in [0.4, 0.5) is 11.4 Å². The molecule has 0 aromatic heterocycles. The van der Waals surface area contributed by atoms with Gasteiger partial charge in [0, 0.05) is 17.9 Å². The van der Waals surface area contributed by atoms with Crippen LogP contribution in [0.3, 0.4) is 0 Å². The smallest absolute Gasteiger partial charge is 0.231 e. The van der Waals surface area contributed by atoms with Crippen molar-refractivity contribution in [3.8, 4) is 0 Å². The van der Waals surface area contributed by atoms with Crippen LogP contribution >= 0.6 is 0 Å². The van der Waals surface area contributed by atoms with E-state index in [1.165, 1.54) is 12.8 Å². The van der Waals surface area contributed by atoms with Crippen LogP contribution in [0.1, 0.15) is 18.4 Å². The highest BCUT2D eigenvalue weighted by molar-refractivity contribution is 6.01. The van der Waals surface area contributed by atoms with Crippen LogP contribution in [0.15, 0.2) is 18.2 Å². The highest BCUT2D eigenvalue weighted by Crippen LogP contribution is 2.31. The van der Waals surface area contributed by atoms with E-state index < -0.39 is 0 Å². The summed E-state index contributed by atoms with van der Waals surface area (Å²) in [5.74, 6) is 0.785. The van der Waals surface area contributed by atoms with Gasteiger partial charge in [-0.1, -0.05) is 0 Å². The number of carbonyl (C=O) groups is 1. The molecular formula is C14H19N3O. The third-order valence-electron chi connectivity index (χ3n) is 3.88. The van der Waals surface area contributed by atoms with E-state index >= 15 is 0 Å². The van der Waals surface area contributed by atoms with E-state index in [-0.39, 0.29) is 5.91 Å². The van der Waals surface area contributed by atoms with Crippen LogP contribution in [-0.2, 0) is 11.2 Å². The van der Waals surface area contributed by atoms with Gasteiger partial charge >= 0.3 is 0 Å². The van der Waals surface area contributed by atoms with Gasteiger partial charge in [0.25, 0.3) is 0 Å². The summed E-state index contributed by atoms with van der Waals surface area (Å²) in [6, 6.07) is 5.78. The van der Waals surface area contributed by atoms with E-state index in [0.717, 1.165) is 36.6 Å². The minimum atomic E-state index is 0.209. The molecule has 1 fully saturated rings. The number of hydrogen-bond acceptors (Lipinski definition) is 3. The molecule has 3 N–H and O–H groups in total. The number of piperidine rings is 1. The van der Waals surface area contributed by atoms with E-state index in [1.54, 1.807) is 0 Å². The van der Waals surface area contributed by atoms with Gasteiger partial charge in [0.15, 0.2) is 0 Å². The van der Waals surface area contributed by atoms with Crippen molar-refractivity contribution < 1.29 is 4.79 Å². The Labute approximate surface area is 107 Å². The number of hydrogen-bond donors (Lipinski definition) is 2. The zero-order valence-corrected chi connectivity index (χ0v) is 10.5. The molecule has 0 saturated carbocycles. The third-order valence-corrected chi connectivity index (χ3v) is 3.88. The molecule has 2 aliphatic heterocycles. The van der Waals surface area contributed by atoms with Gasteiger partial charge in [-0.15, -0.1) is 0 Å². The second-order valence-corrected chi connectivity index (χ2v) is 5.28. The number of nitrogens with one attached hydrogen (secondary N) is 1. The zero-order valence-electron chi connectivity index (χ0n) is 10.5. The first-order valence-electron chi connectivity index (χ1n) is 6.63. The van der Waals surface area contributed by atoms with Crippen molar-refractivity contribution in [1.82, 2.24) is 5.32 Å².